The number of hydrogen-bond donors (Lipinski definition) is 1. The van der Waals surface area contributed by atoms with E-state index in [2.05, 4.69) is 0 Å². The Labute approximate surface area is 120 Å². The molecule has 21 heavy (non-hydrogen) atoms. The van der Waals surface area contributed by atoms with Gasteiger partial charge in [-0.15, -0.1) is 0 Å². The van der Waals surface area contributed by atoms with Gasteiger partial charge in [0.2, 0.25) is 10.0 Å². The maximum Gasteiger partial charge on any atom is 0.335 e. The summed E-state index contributed by atoms with van der Waals surface area (Å²) >= 11 is 0. The molecule has 1 saturated heterocycles. The predicted molar refractivity (Wildman–Crippen MR) is 67.5 cm³/mol. The smallest absolute Gasteiger partial charge is 0.335 e. The molecule has 1 fully saturated rings. The van der Waals surface area contributed by atoms with Crippen LogP contribution in [0.3, 0.4) is 0 Å². The van der Waals surface area contributed by atoms with Crippen molar-refractivity contribution in [2.24, 2.45) is 0 Å². The summed E-state index contributed by atoms with van der Waals surface area (Å²) in [7, 11) is -4.35. The first-order valence-electron chi connectivity index (χ1n) is 6.07. The number of sulfonamides is 1. The maximum absolute atomic E-state index is 13.8. The van der Waals surface area contributed by atoms with Crippen molar-refractivity contribution in [3.05, 3.63) is 29.3 Å². The minimum Gasteiger partial charge on any atom is -0.478 e. The number of carbonyl (C=O) groups is 1. The van der Waals surface area contributed by atoms with Crippen molar-refractivity contribution in [2.45, 2.75) is 17.9 Å². The Morgan fingerprint density at radius 1 is 1.43 bits per heavy atom. The zero-order chi connectivity index (χ0) is 15.8. The van der Waals surface area contributed by atoms with Crippen LogP contribution in [0, 0.1) is 11.6 Å². The molecule has 0 aliphatic carbocycles. The second-order valence-electron chi connectivity index (χ2n) is 4.62. The topological polar surface area (TPSA) is 83.9 Å². The summed E-state index contributed by atoms with van der Waals surface area (Å²) in [4.78, 5) is 9.89. The molecule has 1 aliphatic rings. The molecule has 1 N–H and O–H groups in total. The fourth-order valence-corrected chi connectivity index (χ4v) is 3.77. The van der Waals surface area contributed by atoms with Crippen molar-refractivity contribution < 1.29 is 31.8 Å². The highest BCUT2D eigenvalue weighted by molar-refractivity contribution is 7.89. The summed E-state index contributed by atoms with van der Waals surface area (Å²) in [5.41, 5.74) is -0.631. The van der Waals surface area contributed by atoms with E-state index in [9.17, 15) is 22.0 Å². The Morgan fingerprint density at radius 2 is 2.10 bits per heavy atom. The molecule has 9 heteroatoms. The number of halogens is 2. The zero-order valence-corrected chi connectivity index (χ0v) is 11.9. The van der Waals surface area contributed by atoms with Crippen LogP contribution >= 0.6 is 0 Å². The lowest BCUT2D eigenvalue weighted by atomic mass is 10.2. The van der Waals surface area contributed by atoms with Gasteiger partial charge in [0.15, 0.2) is 11.6 Å². The summed E-state index contributed by atoms with van der Waals surface area (Å²) in [6.45, 7) is 1.81. The predicted octanol–water partition coefficient (Wildman–Crippen LogP) is 1.07. The molecule has 116 valence electrons. The molecule has 0 radical (unpaired) electrons. The Bertz CT molecular complexity index is 676. The van der Waals surface area contributed by atoms with Gasteiger partial charge in [-0.2, -0.15) is 4.31 Å². The molecule has 1 aromatic rings. The van der Waals surface area contributed by atoms with E-state index in [1.165, 1.54) is 0 Å². The van der Waals surface area contributed by atoms with Crippen LogP contribution in [0.1, 0.15) is 17.3 Å². The minimum atomic E-state index is -4.35. The van der Waals surface area contributed by atoms with Gasteiger partial charge in [0.05, 0.1) is 18.8 Å². The van der Waals surface area contributed by atoms with Gasteiger partial charge in [0.25, 0.3) is 0 Å². The first-order valence-corrected chi connectivity index (χ1v) is 7.51. The monoisotopic (exact) mass is 321 g/mol. The molecule has 1 aromatic carbocycles. The average molecular weight is 321 g/mol. The van der Waals surface area contributed by atoms with Gasteiger partial charge in [-0.3, -0.25) is 0 Å². The SMILES string of the molecule is C[C@@H]1COCCN1S(=O)(=O)c1cc(C(=O)O)cc(F)c1F. The van der Waals surface area contributed by atoms with Gasteiger partial charge in [-0.25, -0.2) is 22.0 Å². The highest BCUT2D eigenvalue weighted by Crippen LogP contribution is 2.25. The summed E-state index contributed by atoms with van der Waals surface area (Å²) in [6.07, 6.45) is 0. The second-order valence-corrected chi connectivity index (χ2v) is 6.47. The molecule has 0 saturated carbocycles. The van der Waals surface area contributed by atoms with Crippen LogP contribution in [0.2, 0.25) is 0 Å². The van der Waals surface area contributed by atoms with E-state index in [-0.39, 0.29) is 19.8 Å². The molecule has 0 aromatic heterocycles. The van der Waals surface area contributed by atoms with E-state index in [0.717, 1.165) is 4.31 Å². The first-order chi connectivity index (χ1) is 9.75. The summed E-state index contributed by atoms with van der Waals surface area (Å²) < 4.78 is 58.2. The molecule has 0 bridgehead atoms. The number of hydrogen-bond acceptors (Lipinski definition) is 4. The number of nitrogens with zero attached hydrogens (tertiary/aromatic N) is 1. The summed E-state index contributed by atoms with van der Waals surface area (Å²) in [5.74, 6) is -4.64. The van der Waals surface area contributed by atoms with Crippen LogP contribution in [0.15, 0.2) is 17.0 Å². The van der Waals surface area contributed by atoms with Crippen molar-refractivity contribution in [2.75, 3.05) is 19.8 Å². The maximum atomic E-state index is 13.8. The lowest BCUT2D eigenvalue weighted by Gasteiger charge is -2.32. The third-order valence-electron chi connectivity index (χ3n) is 3.14. The first kappa shape index (κ1) is 15.8. The van der Waals surface area contributed by atoms with Crippen LogP contribution in [-0.4, -0.2) is 49.6 Å². The molecule has 2 rings (SSSR count). The van der Waals surface area contributed by atoms with Crippen LogP contribution in [0.25, 0.3) is 0 Å². The van der Waals surface area contributed by atoms with Crippen molar-refractivity contribution in [1.82, 2.24) is 4.31 Å². The summed E-state index contributed by atoms with van der Waals surface area (Å²) in [6, 6.07) is 0.511. The molecule has 0 amide bonds. The Kier molecular flexibility index (Phi) is 4.26. The third kappa shape index (κ3) is 2.89. The molecule has 6 nitrogen and oxygen atoms in total. The number of benzene rings is 1. The molecule has 1 atom stereocenters. The highest BCUT2D eigenvalue weighted by atomic mass is 32.2. The van der Waals surface area contributed by atoms with E-state index in [1.807, 2.05) is 0 Å². The number of rotatable bonds is 3. The van der Waals surface area contributed by atoms with E-state index in [4.69, 9.17) is 9.84 Å². The van der Waals surface area contributed by atoms with Crippen LogP contribution in [0.5, 0.6) is 0 Å². The standard InChI is InChI=1S/C12H13F2NO5S/c1-7-6-20-3-2-15(7)21(18,19)10-5-8(12(16)17)4-9(13)11(10)14/h4-5,7H,2-3,6H2,1H3,(H,16,17)/t7-/m1/s1. The zero-order valence-electron chi connectivity index (χ0n) is 11.0. The average Bonchev–Trinajstić information content (AvgIpc) is 2.41. The number of morpholine rings is 1. The minimum absolute atomic E-state index is 0.0120. The van der Waals surface area contributed by atoms with Gasteiger partial charge in [0, 0.05) is 12.6 Å². The van der Waals surface area contributed by atoms with Crippen LogP contribution in [-0.2, 0) is 14.8 Å². The highest BCUT2D eigenvalue weighted by Gasteiger charge is 2.35. The molecular weight excluding hydrogens is 308 g/mol. The molecule has 0 spiro atoms. The van der Waals surface area contributed by atoms with Gasteiger partial charge >= 0.3 is 5.97 Å². The number of aromatic carboxylic acids is 1. The van der Waals surface area contributed by atoms with Gasteiger partial charge in [0.1, 0.15) is 4.90 Å². The Morgan fingerprint density at radius 3 is 2.67 bits per heavy atom. The second kappa shape index (κ2) is 5.66. The van der Waals surface area contributed by atoms with Crippen LogP contribution < -0.4 is 0 Å². The molecule has 1 aliphatic heterocycles. The van der Waals surface area contributed by atoms with Gasteiger partial charge in [-0.05, 0) is 19.1 Å². The van der Waals surface area contributed by atoms with E-state index < -0.39 is 44.1 Å². The lowest BCUT2D eigenvalue weighted by Crippen LogP contribution is -2.47. The van der Waals surface area contributed by atoms with E-state index in [0.29, 0.717) is 12.1 Å². The molecule has 0 unspecified atom stereocenters. The largest absolute Gasteiger partial charge is 0.478 e. The van der Waals surface area contributed by atoms with Crippen molar-refractivity contribution in [3.8, 4) is 0 Å². The van der Waals surface area contributed by atoms with Crippen molar-refractivity contribution in [3.63, 3.8) is 0 Å². The van der Waals surface area contributed by atoms with Crippen molar-refractivity contribution in [1.29, 1.82) is 0 Å². The van der Waals surface area contributed by atoms with Crippen LogP contribution in [0.4, 0.5) is 8.78 Å². The fraction of sp³-hybridized carbons (Fsp3) is 0.417. The Balaban J connectivity index is 2.56. The van der Waals surface area contributed by atoms with E-state index in [1.54, 1.807) is 6.92 Å². The van der Waals surface area contributed by atoms with E-state index >= 15 is 0 Å². The van der Waals surface area contributed by atoms with Gasteiger partial charge < -0.3 is 9.84 Å². The number of ether oxygens (including phenoxy) is 1. The summed E-state index contributed by atoms with van der Waals surface area (Å²) in [5, 5.41) is 8.84. The lowest BCUT2D eigenvalue weighted by molar-refractivity contribution is 0.0391. The third-order valence-corrected chi connectivity index (χ3v) is 5.15. The van der Waals surface area contributed by atoms with Crippen molar-refractivity contribution >= 4 is 16.0 Å². The van der Waals surface area contributed by atoms with Gasteiger partial charge in [-0.1, -0.05) is 0 Å². The number of carboxylic acids is 1. The number of carboxylic acid groups (broad SMARTS) is 1. The fourth-order valence-electron chi connectivity index (χ4n) is 2.07. The normalized spacial score (nSPS) is 20.4. The molecular formula is C12H13F2NO5S. The molecule has 1 heterocycles. The quantitative estimate of drug-likeness (QED) is 0.900. The Hall–Kier alpha value is -1.58.